The molecule has 20 heavy (non-hydrogen) atoms. The lowest BCUT2D eigenvalue weighted by atomic mass is 10.1. The predicted octanol–water partition coefficient (Wildman–Crippen LogP) is 4.11. The SMILES string of the molecule is CNCc1ccc(CN(C)c2ccccc2C)c(Br)c1. The molecule has 0 heterocycles. The summed E-state index contributed by atoms with van der Waals surface area (Å²) in [5.74, 6) is 0. The van der Waals surface area contributed by atoms with E-state index in [-0.39, 0.29) is 0 Å². The third kappa shape index (κ3) is 3.62. The predicted molar refractivity (Wildman–Crippen MR) is 90.2 cm³/mol. The Morgan fingerprint density at radius 2 is 1.90 bits per heavy atom. The minimum absolute atomic E-state index is 0.894. The number of nitrogens with one attached hydrogen (secondary N) is 1. The number of hydrogen-bond acceptors (Lipinski definition) is 2. The highest BCUT2D eigenvalue weighted by Crippen LogP contribution is 2.24. The van der Waals surface area contributed by atoms with Crippen molar-refractivity contribution in [2.24, 2.45) is 0 Å². The van der Waals surface area contributed by atoms with E-state index in [2.05, 4.69) is 82.6 Å². The first-order chi connectivity index (χ1) is 9.61. The molecule has 106 valence electrons. The summed E-state index contributed by atoms with van der Waals surface area (Å²) < 4.78 is 1.17. The van der Waals surface area contributed by atoms with Gasteiger partial charge in [-0.2, -0.15) is 0 Å². The van der Waals surface area contributed by atoms with Gasteiger partial charge in [0.2, 0.25) is 0 Å². The Bertz CT molecular complexity index is 581. The molecular weight excluding hydrogens is 312 g/mol. The second-order valence-corrected chi connectivity index (χ2v) is 5.95. The summed E-state index contributed by atoms with van der Waals surface area (Å²) in [6, 6.07) is 15.1. The summed E-state index contributed by atoms with van der Waals surface area (Å²) >= 11 is 3.68. The van der Waals surface area contributed by atoms with Gasteiger partial charge in [0, 0.05) is 30.3 Å². The van der Waals surface area contributed by atoms with Gasteiger partial charge in [0.15, 0.2) is 0 Å². The van der Waals surface area contributed by atoms with Crippen molar-refractivity contribution in [2.45, 2.75) is 20.0 Å². The smallest absolute Gasteiger partial charge is 0.0437 e. The lowest BCUT2D eigenvalue weighted by Gasteiger charge is -2.22. The highest BCUT2D eigenvalue weighted by molar-refractivity contribution is 9.10. The second-order valence-electron chi connectivity index (χ2n) is 5.10. The van der Waals surface area contributed by atoms with E-state index in [0.29, 0.717) is 0 Å². The minimum atomic E-state index is 0.894. The Morgan fingerprint density at radius 1 is 1.15 bits per heavy atom. The number of anilines is 1. The number of hydrogen-bond donors (Lipinski definition) is 1. The molecule has 2 rings (SSSR count). The molecule has 0 atom stereocenters. The van der Waals surface area contributed by atoms with Crippen molar-refractivity contribution in [3.63, 3.8) is 0 Å². The maximum absolute atomic E-state index is 3.68. The summed E-state index contributed by atoms with van der Waals surface area (Å²) in [6.07, 6.45) is 0. The summed E-state index contributed by atoms with van der Waals surface area (Å²) in [6.45, 7) is 3.94. The van der Waals surface area contributed by atoms with Crippen molar-refractivity contribution in [3.8, 4) is 0 Å². The molecule has 0 fully saturated rings. The van der Waals surface area contributed by atoms with E-state index in [1.807, 2.05) is 7.05 Å². The molecule has 0 aliphatic carbocycles. The zero-order chi connectivity index (χ0) is 14.5. The van der Waals surface area contributed by atoms with Crippen LogP contribution in [-0.4, -0.2) is 14.1 Å². The maximum atomic E-state index is 3.68. The first kappa shape index (κ1) is 15.1. The third-order valence-corrected chi connectivity index (χ3v) is 4.17. The van der Waals surface area contributed by atoms with E-state index in [0.717, 1.165) is 13.1 Å². The molecule has 0 bridgehead atoms. The van der Waals surface area contributed by atoms with E-state index in [1.165, 1.54) is 26.9 Å². The summed E-state index contributed by atoms with van der Waals surface area (Å²) in [4.78, 5) is 2.28. The van der Waals surface area contributed by atoms with Crippen LogP contribution in [0.5, 0.6) is 0 Å². The van der Waals surface area contributed by atoms with Crippen LogP contribution in [0.2, 0.25) is 0 Å². The molecule has 0 radical (unpaired) electrons. The Balaban J connectivity index is 2.16. The number of aryl methyl sites for hydroxylation is 1. The Hall–Kier alpha value is -1.32. The molecule has 0 unspecified atom stereocenters. The lowest BCUT2D eigenvalue weighted by molar-refractivity contribution is 0.815. The molecule has 2 aromatic rings. The van der Waals surface area contributed by atoms with Crippen LogP contribution in [0.25, 0.3) is 0 Å². The van der Waals surface area contributed by atoms with Gasteiger partial charge >= 0.3 is 0 Å². The lowest BCUT2D eigenvalue weighted by Crippen LogP contribution is -2.17. The molecule has 1 N–H and O–H groups in total. The molecule has 0 aliphatic heterocycles. The molecule has 0 aliphatic rings. The van der Waals surface area contributed by atoms with Crippen molar-refractivity contribution in [2.75, 3.05) is 19.0 Å². The molecule has 0 saturated carbocycles. The van der Waals surface area contributed by atoms with Gasteiger partial charge in [-0.3, -0.25) is 0 Å². The number of nitrogens with zero attached hydrogens (tertiary/aromatic N) is 1. The van der Waals surface area contributed by atoms with Gasteiger partial charge in [-0.1, -0.05) is 46.3 Å². The van der Waals surface area contributed by atoms with E-state index in [4.69, 9.17) is 0 Å². The number of halogens is 1. The molecule has 0 amide bonds. The summed E-state index contributed by atoms with van der Waals surface area (Å²) in [5, 5.41) is 3.17. The van der Waals surface area contributed by atoms with E-state index < -0.39 is 0 Å². The zero-order valence-corrected chi connectivity index (χ0v) is 13.9. The summed E-state index contributed by atoms with van der Waals surface area (Å²) in [5.41, 5.74) is 5.17. The van der Waals surface area contributed by atoms with Crippen LogP contribution in [0.1, 0.15) is 16.7 Å². The van der Waals surface area contributed by atoms with Crippen LogP contribution < -0.4 is 10.2 Å². The van der Waals surface area contributed by atoms with Crippen molar-refractivity contribution in [1.29, 1.82) is 0 Å². The minimum Gasteiger partial charge on any atom is -0.370 e. The molecular formula is C17H21BrN2. The second kappa shape index (κ2) is 6.91. The van der Waals surface area contributed by atoms with Gasteiger partial charge < -0.3 is 10.2 Å². The van der Waals surface area contributed by atoms with Gasteiger partial charge in [0.05, 0.1) is 0 Å². The highest BCUT2D eigenvalue weighted by Gasteiger charge is 2.07. The fraction of sp³-hybridized carbons (Fsp3) is 0.294. The average Bonchev–Trinajstić information content (AvgIpc) is 2.42. The Morgan fingerprint density at radius 3 is 2.55 bits per heavy atom. The van der Waals surface area contributed by atoms with Crippen LogP contribution in [-0.2, 0) is 13.1 Å². The van der Waals surface area contributed by atoms with Gasteiger partial charge in [-0.05, 0) is 42.8 Å². The van der Waals surface area contributed by atoms with Crippen molar-refractivity contribution in [3.05, 3.63) is 63.6 Å². The van der Waals surface area contributed by atoms with E-state index in [9.17, 15) is 0 Å². The fourth-order valence-electron chi connectivity index (χ4n) is 2.37. The fourth-order valence-corrected chi connectivity index (χ4v) is 2.92. The number of para-hydroxylation sites is 1. The molecule has 0 saturated heterocycles. The van der Waals surface area contributed by atoms with Crippen molar-refractivity contribution in [1.82, 2.24) is 5.32 Å². The van der Waals surface area contributed by atoms with Crippen LogP contribution in [0.3, 0.4) is 0 Å². The quantitative estimate of drug-likeness (QED) is 0.886. The molecule has 2 aromatic carbocycles. The topological polar surface area (TPSA) is 15.3 Å². The number of benzene rings is 2. The van der Waals surface area contributed by atoms with Crippen LogP contribution >= 0.6 is 15.9 Å². The molecule has 0 aromatic heterocycles. The Kier molecular flexibility index (Phi) is 5.21. The average molecular weight is 333 g/mol. The monoisotopic (exact) mass is 332 g/mol. The first-order valence-corrected chi connectivity index (χ1v) is 7.60. The normalized spacial score (nSPS) is 10.6. The maximum Gasteiger partial charge on any atom is 0.0437 e. The van der Waals surface area contributed by atoms with Gasteiger partial charge in [0.25, 0.3) is 0 Å². The van der Waals surface area contributed by atoms with Crippen LogP contribution in [0, 0.1) is 6.92 Å². The Labute approximate surface area is 129 Å². The van der Waals surface area contributed by atoms with Crippen LogP contribution in [0.15, 0.2) is 46.9 Å². The number of rotatable bonds is 5. The first-order valence-electron chi connectivity index (χ1n) is 6.80. The molecule has 2 nitrogen and oxygen atoms in total. The molecule has 0 spiro atoms. The largest absolute Gasteiger partial charge is 0.370 e. The zero-order valence-electron chi connectivity index (χ0n) is 12.3. The van der Waals surface area contributed by atoms with Crippen LogP contribution in [0.4, 0.5) is 5.69 Å². The standard InChI is InChI=1S/C17H21BrN2/c1-13-6-4-5-7-17(13)20(3)12-15-9-8-14(11-19-2)10-16(15)18/h4-10,19H,11-12H2,1-3H3. The highest BCUT2D eigenvalue weighted by atomic mass is 79.9. The van der Waals surface area contributed by atoms with Gasteiger partial charge in [-0.25, -0.2) is 0 Å². The molecule has 3 heteroatoms. The van der Waals surface area contributed by atoms with Gasteiger partial charge in [0.1, 0.15) is 0 Å². The van der Waals surface area contributed by atoms with Gasteiger partial charge in [-0.15, -0.1) is 0 Å². The van der Waals surface area contributed by atoms with E-state index in [1.54, 1.807) is 0 Å². The summed E-state index contributed by atoms with van der Waals surface area (Å²) in [7, 11) is 4.10. The van der Waals surface area contributed by atoms with Crippen molar-refractivity contribution < 1.29 is 0 Å². The third-order valence-electron chi connectivity index (χ3n) is 3.43. The van der Waals surface area contributed by atoms with Crippen molar-refractivity contribution >= 4 is 21.6 Å². The van der Waals surface area contributed by atoms with E-state index >= 15 is 0 Å².